The van der Waals surface area contributed by atoms with Crippen molar-refractivity contribution < 1.29 is 23.1 Å². The van der Waals surface area contributed by atoms with E-state index in [0.29, 0.717) is 0 Å². The molecule has 104 valence electrons. The smallest absolute Gasteiger partial charge is 0.322 e. The van der Waals surface area contributed by atoms with E-state index < -0.39 is 29.2 Å². The standard InChI is InChI=1S/C12H13F3N2O2/c13-8-3-4-9(11(15)10(8)14)16-12(19)17(5-6-18)7-1-2-7/h3-4,7,18H,1-2,5-6H2,(H,16,19). The molecule has 0 radical (unpaired) electrons. The number of nitrogens with one attached hydrogen (secondary N) is 1. The monoisotopic (exact) mass is 274 g/mol. The van der Waals surface area contributed by atoms with E-state index in [9.17, 15) is 18.0 Å². The normalized spacial score (nSPS) is 14.3. The first-order valence-corrected chi connectivity index (χ1v) is 5.86. The average Bonchev–Trinajstić information content (AvgIpc) is 3.21. The summed E-state index contributed by atoms with van der Waals surface area (Å²) in [7, 11) is 0. The molecule has 2 N–H and O–H groups in total. The van der Waals surface area contributed by atoms with Gasteiger partial charge in [-0.2, -0.15) is 0 Å². The van der Waals surface area contributed by atoms with E-state index in [-0.39, 0.29) is 19.2 Å². The van der Waals surface area contributed by atoms with Crippen molar-refractivity contribution in [3.8, 4) is 0 Å². The molecule has 0 bridgehead atoms. The number of carbonyl (C=O) groups excluding carboxylic acids is 1. The molecule has 1 saturated carbocycles. The van der Waals surface area contributed by atoms with E-state index in [4.69, 9.17) is 5.11 Å². The molecule has 0 aromatic heterocycles. The van der Waals surface area contributed by atoms with Crippen LogP contribution in [-0.2, 0) is 0 Å². The minimum Gasteiger partial charge on any atom is -0.395 e. The highest BCUT2D eigenvalue weighted by Gasteiger charge is 2.32. The summed E-state index contributed by atoms with van der Waals surface area (Å²) < 4.78 is 39.1. The molecule has 0 aliphatic heterocycles. The van der Waals surface area contributed by atoms with Gasteiger partial charge in [0.05, 0.1) is 12.3 Å². The second kappa shape index (κ2) is 5.48. The highest BCUT2D eigenvalue weighted by Crippen LogP contribution is 2.27. The fourth-order valence-electron chi connectivity index (χ4n) is 1.75. The van der Waals surface area contributed by atoms with Crippen LogP contribution in [0.5, 0.6) is 0 Å². The zero-order chi connectivity index (χ0) is 14.0. The molecule has 0 unspecified atom stereocenters. The van der Waals surface area contributed by atoms with Crippen LogP contribution in [0, 0.1) is 17.5 Å². The van der Waals surface area contributed by atoms with Gasteiger partial charge in [0.15, 0.2) is 17.5 Å². The van der Waals surface area contributed by atoms with Crippen LogP contribution in [0.15, 0.2) is 12.1 Å². The topological polar surface area (TPSA) is 52.6 Å². The van der Waals surface area contributed by atoms with Crippen LogP contribution in [0.25, 0.3) is 0 Å². The van der Waals surface area contributed by atoms with E-state index in [1.807, 2.05) is 0 Å². The lowest BCUT2D eigenvalue weighted by Crippen LogP contribution is -2.39. The fourth-order valence-corrected chi connectivity index (χ4v) is 1.75. The van der Waals surface area contributed by atoms with Gasteiger partial charge < -0.3 is 15.3 Å². The molecule has 2 amide bonds. The number of nitrogens with zero attached hydrogens (tertiary/aromatic N) is 1. The van der Waals surface area contributed by atoms with Crippen LogP contribution in [0.2, 0.25) is 0 Å². The lowest BCUT2D eigenvalue weighted by atomic mass is 10.3. The molecular formula is C12H13F3N2O2. The number of carbonyl (C=O) groups is 1. The molecule has 1 fully saturated rings. The lowest BCUT2D eigenvalue weighted by Gasteiger charge is -2.21. The number of benzene rings is 1. The maximum absolute atomic E-state index is 13.4. The van der Waals surface area contributed by atoms with Crippen molar-refractivity contribution in [1.82, 2.24) is 4.90 Å². The number of urea groups is 1. The van der Waals surface area contributed by atoms with Gasteiger partial charge in [-0.15, -0.1) is 0 Å². The summed E-state index contributed by atoms with van der Waals surface area (Å²) in [6.07, 6.45) is 1.63. The number of aliphatic hydroxyl groups excluding tert-OH is 1. The average molecular weight is 274 g/mol. The predicted octanol–water partition coefficient (Wildman–Crippen LogP) is 2.09. The van der Waals surface area contributed by atoms with Gasteiger partial charge in [0, 0.05) is 12.6 Å². The Kier molecular flexibility index (Phi) is 3.94. The van der Waals surface area contributed by atoms with Gasteiger partial charge in [-0.05, 0) is 25.0 Å². The Morgan fingerprint density at radius 1 is 1.32 bits per heavy atom. The summed E-state index contributed by atoms with van der Waals surface area (Å²) in [4.78, 5) is 13.2. The van der Waals surface area contributed by atoms with E-state index in [2.05, 4.69) is 5.32 Å². The van der Waals surface area contributed by atoms with Crippen LogP contribution in [0.1, 0.15) is 12.8 Å². The summed E-state index contributed by atoms with van der Waals surface area (Å²) in [5.41, 5.74) is -0.424. The number of hydrogen-bond donors (Lipinski definition) is 2. The van der Waals surface area contributed by atoms with Crippen LogP contribution < -0.4 is 5.32 Å². The van der Waals surface area contributed by atoms with E-state index in [1.165, 1.54) is 4.90 Å². The largest absolute Gasteiger partial charge is 0.395 e. The number of amides is 2. The van der Waals surface area contributed by atoms with Crippen molar-refractivity contribution >= 4 is 11.7 Å². The van der Waals surface area contributed by atoms with Crippen LogP contribution in [0.4, 0.5) is 23.7 Å². The van der Waals surface area contributed by atoms with Crippen molar-refractivity contribution in [2.75, 3.05) is 18.5 Å². The summed E-state index contributed by atoms with van der Waals surface area (Å²) in [5.74, 6) is -4.38. The third-order valence-corrected chi connectivity index (χ3v) is 2.87. The Morgan fingerprint density at radius 2 is 2.00 bits per heavy atom. The number of rotatable bonds is 4. The summed E-state index contributed by atoms with van der Waals surface area (Å²) in [6.45, 7) is -0.105. The van der Waals surface area contributed by atoms with E-state index in [0.717, 1.165) is 25.0 Å². The Bertz CT molecular complexity index is 492. The van der Waals surface area contributed by atoms with Crippen molar-refractivity contribution in [3.63, 3.8) is 0 Å². The van der Waals surface area contributed by atoms with Gasteiger partial charge >= 0.3 is 6.03 Å². The number of aliphatic hydroxyl groups is 1. The van der Waals surface area contributed by atoms with E-state index in [1.54, 1.807) is 0 Å². The molecule has 1 aliphatic rings. The van der Waals surface area contributed by atoms with Crippen LogP contribution in [0.3, 0.4) is 0 Å². The Hall–Kier alpha value is -1.76. The molecule has 0 saturated heterocycles. The zero-order valence-electron chi connectivity index (χ0n) is 10.00. The van der Waals surface area contributed by atoms with Gasteiger partial charge in [0.1, 0.15) is 0 Å². The molecule has 7 heteroatoms. The first-order chi connectivity index (χ1) is 9.04. The van der Waals surface area contributed by atoms with E-state index >= 15 is 0 Å². The third kappa shape index (κ3) is 2.98. The van der Waals surface area contributed by atoms with Crippen molar-refractivity contribution in [2.24, 2.45) is 0 Å². The van der Waals surface area contributed by atoms with Gasteiger partial charge in [0.25, 0.3) is 0 Å². The SMILES string of the molecule is O=C(Nc1ccc(F)c(F)c1F)N(CCO)C1CC1. The maximum atomic E-state index is 13.4. The zero-order valence-corrected chi connectivity index (χ0v) is 10.00. The number of anilines is 1. The van der Waals surface area contributed by atoms with Crippen molar-refractivity contribution in [3.05, 3.63) is 29.6 Å². The van der Waals surface area contributed by atoms with Crippen LogP contribution >= 0.6 is 0 Å². The minimum atomic E-state index is -1.63. The Balaban J connectivity index is 2.11. The molecule has 4 nitrogen and oxygen atoms in total. The molecule has 2 rings (SSSR count). The van der Waals surface area contributed by atoms with Gasteiger partial charge in [0.2, 0.25) is 0 Å². The molecule has 0 heterocycles. The molecule has 0 spiro atoms. The first-order valence-electron chi connectivity index (χ1n) is 5.86. The van der Waals surface area contributed by atoms with Crippen molar-refractivity contribution in [2.45, 2.75) is 18.9 Å². The first kappa shape index (κ1) is 13.7. The molecule has 19 heavy (non-hydrogen) atoms. The highest BCUT2D eigenvalue weighted by atomic mass is 19.2. The number of halogens is 3. The fraction of sp³-hybridized carbons (Fsp3) is 0.417. The maximum Gasteiger partial charge on any atom is 0.322 e. The summed E-state index contributed by atoms with van der Waals surface area (Å²) in [5, 5.41) is 11.0. The Labute approximate surface area is 107 Å². The molecular weight excluding hydrogens is 261 g/mol. The number of hydrogen-bond acceptors (Lipinski definition) is 2. The van der Waals surface area contributed by atoms with Gasteiger partial charge in [-0.25, -0.2) is 18.0 Å². The minimum absolute atomic E-state index is 0.0144. The highest BCUT2D eigenvalue weighted by molar-refractivity contribution is 5.89. The second-order valence-corrected chi connectivity index (χ2v) is 4.30. The van der Waals surface area contributed by atoms with Crippen LogP contribution in [-0.4, -0.2) is 35.2 Å². The quantitative estimate of drug-likeness (QED) is 0.826. The third-order valence-electron chi connectivity index (χ3n) is 2.87. The Morgan fingerprint density at radius 3 is 2.58 bits per heavy atom. The van der Waals surface area contributed by atoms with Gasteiger partial charge in [-0.3, -0.25) is 0 Å². The molecule has 0 atom stereocenters. The molecule has 1 aliphatic carbocycles. The van der Waals surface area contributed by atoms with Crippen molar-refractivity contribution in [1.29, 1.82) is 0 Å². The van der Waals surface area contributed by atoms with Gasteiger partial charge in [-0.1, -0.05) is 0 Å². The lowest BCUT2D eigenvalue weighted by molar-refractivity contribution is 0.185. The summed E-state index contributed by atoms with van der Waals surface area (Å²) >= 11 is 0. The summed E-state index contributed by atoms with van der Waals surface area (Å²) in [6, 6.07) is 1.07. The second-order valence-electron chi connectivity index (χ2n) is 4.30. The molecule has 1 aromatic rings. The predicted molar refractivity (Wildman–Crippen MR) is 62.1 cm³/mol. The molecule has 1 aromatic carbocycles.